The zero-order valence-electron chi connectivity index (χ0n) is 14.5. The lowest BCUT2D eigenvalue weighted by atomic mass is 9.89. The van der Waals surface area contributed by atoms with E-state index in [1.54, 1.807) is 6.21 Å². The van der Waals surface area contributed by atoms with E-state index in [1.165, 1.54) is 5.56 Å². The van der Waals surface area contributed by atoms with E-state index in [9.17, 15) is 4.79 Å². The summed E-state index contributed by atoms with van der Waals surface area (Å²) in [5.74, 6) is -0.278. The summed E-state index contributed by atoms with van der Waals surface area (Å²) in [5, 5.41) is 12.4. The van der Waals surface area contributed by atoms with Gasteiger partial charge in [0.15, 0.2) is 0 Å². The second-order valence-corrected chi connectivity index (χ2v) is 6.57. The van der Waals surface area contributed by atoms with Gasteiger partial charge in [-0.15, -0.1) is 0 Å². The number of nitrogens with one attached hydrogen (secondary N) is 3. The van der Waals surface area contributed by atoms with Crippen molar-refractivity contribution in [1.29, 1.82) is 0 Å². The molecule has 0 saturated carbocycles. The second kappa shape index (κ2) is 6.25. The van der Waals surface area contributed by atoms with Crippen molar-refractivity contribution in [3.8, 4) is 11.3 Å². The predicted octanol–water partition coefficient (Wildman–Crippen LogP) is 3.42. The number of aromatic amines is 2. The van der Waals surface area contributed by atoms with Gasteiger partial charge in [-0.25, -0.2) is 5.43 Å². The molecule has 2 aromatic heterocycles. The van der Waals surface area contributed by atoms with Crippen molar-refractivity contribution >= 4 is 23.0 Å². The molecule has 0 aliphatic heterocycles. The van der Waals surface area contributed by atoms with Gasteiger partial charge < -0.3 is 4.98 Å². The molecule has 27 heavy (non-hydrogen) atoms. The van der Waals surface area contributed by atoms with E-state index in [-0.39, 0.29) is 5.91 Å². The summed E-state index contributed by atoms with van der Waals surface area (Å²) < 4.78 is 0. The summed E-state index contributed by atoms with van der Waals surface area (Å²) in [6.07, 6.45) is 5.21. The van der Waals surface area contributed by atoms with Crippen molar-refractivity contribution in [2.24, 2.45) is 5.10 Å². The first-order chi connectivity index (χ1) is 13.3. The van der Waals surface area contributed by atoms with Crippen LogP contribution in [0.1, 0.15) is 27.2 Å². The lowest BCUT2D eigenvalue weighted by molar-refractivity contribution is 0.0949. The van der Waals surface area contributed by atoms with Crippen molar-refractivity contribution in [1.82, 2.24) is 20.6 Å². The summed E-state index contributed by atoms with van der Waals surface area (Å²) in [7, 11) is 0. The number of hydrogen-bond donors (Lipinski definition) is 3. The molecule has 1 aliphatic carbocycles. The van der Waals surface area contributed by atoms with Crippen LogP contribution < -0.4 is 5.43 Å². The van der Waals surface area contributed by atoms with Crippen molar-refractivity contribution in [3.05, 3.63) is 77.1 Å². The Hall–Kier alpha value is -3.67. The van der Waals surface area contributed by atoms with Crippen LogP contribution in [-0.4, -0.2) is 27.3 Å². The number of hydrazone groups is 1. The van der Waals surface area contributed by atoms with Crippen LogP contribution in [-0.2, 0) is 12.8 Å². The van der Waals surface area contributed by atoms with Crippen molar-refractivity contribution < 1.29 is 4.79 Å². The van der Waals surface area contributed by atoms with Crippen LogP contribution in [0.4, 0.5) is 0 Å². The summed E-state index contributed by atoms with van der Waals surface area (Å²) in [4.78, 5) is 15.8. The second-order valence-electron chi connectivity index (χ2n) is 6.57. The van der Waals surface area contributed by atoms with E-state index in [4.69, 9.17) is 0 Å². The number of fused-ring (bicyclic) bond motifs is 4. The van der Waals surface area contributed by atoms with E-state index in [2.05, 4.69) is 31.8 Å². The topological polar surface area (TPSA) is 85.9 Å². The first-order valence-electron chi connectivity index (χ1n) is 8.86. The molecule has 0 bridgehead atoms. The Labute approximate surface area is 155 Å². The standard InChI is InChI=1S/C21H17N5O/c27-21(26-23-12-14-11-22-18-8-4-3-6-15(14)18)20-17-10-9-13-5-1-2-7-16(13)19(17)24-25-20/h1-8,11-12,22H,9-10H2,(H,24,25)(H,26,27). The fourth-order valence-corrected chi connectivity index (χ4v) is 3.67. The molecule has 0 spiro atoms. The van der Waals surface area contributed by atoms with Crippen molar-refractivity contribution in [3.63, 3.8) is 0 Å². The van der Waals surface area contributed by atoms with Crippen molar-refractivity contribution in [2.75, 3.05) is 0 Å². The van der Waals surface area contributed by atoms with E-state index in [0.717, 1.165) is 46.1 Å². The minimum atomic E-state index is -0.278. The number of para-hydroxylation sites is 1. The van der Waals surface area contributed by atoms with Crippen LogP contribution >= 0.6 is 0 Å². The molecule has 0 atom stereocenters. The average Bonchev–Trinajstić information content (AvgIpc) is 3.32. The van der Waals surface area contributed by atoms with Crippen LogP contribution in [0.15, 0.2) is 59.8 Å². The monoisotopic (exact) mass is 355 g/mol. The van der Waals surface area contributed by atoms with Gasteiger partial charge in [-0.1, -0.05) is 42.5 Å². The highest BCUT2D eigenvalue weighted by Gasteiger charge is 2.24. The number of aryl methyl sites for hydroxylation is 1. The van der Waals surface area contributed by atoms with Gasteiger partial charge in [0.05, 0.1) is 11.9 Å². The minimum absolute atomic E-state index is 0.278. The SMILES string of the molecule is O=C(NN=Cc1c[nH]c2ccccc12)c1[nH]nc2c1CCc1ccccc1-2. The molecule has 5 rings (SSSR count). The van der Waals surface area contributed by atoms with E-state index in [1.807, 2.05) is 48.7 Å². The third-order valence-corrected chi connectivity index (χ3v) is 5.00. The normalized spacial score (nSPS) is 12.9. The Bertz CT molecular complexity index is 1180. The van der Waals surface area contributed by atoms with Gasteiger partial charge in [0.25, 0.3) is 5.91 Å². The number of carbonyl (C=O) groups excluding carboxylic acids is 1. The number of nitrogens with zero attached hydrogens (tertiary/aromatic N) is 2. The Morgan fingerprint density at radius 1 is 1.11 bits per heavy atom. The minimum Gasteiger partial charge on any atom is -0.361 e. The maximum atomic E-state index is 12.6. The number of hydrogen-bond acceptors (Lipinski definition) is 3. The Morgan fingerprint density at radius 3 is 2.93 bits per heavy atom. The zero-order chi connectivity index (χ0) is 18.2. The first-order valence-corrected chi connectivity index (χ1v) is 8.86. The molecule has 4 aromatic rings. The van der Waals surface area contributed by atoms with Gasteiger partial charge in [-0.05, 0) is 24.5 Å². The molecule has 3 N–H and O–H groups in total. The molecule has 2 heterocycles. The molecule has 2 aromatic carbocycles. The highest BCUT2D eigenvalue weighted by Crippen LogP contribution is 2.33. The summed E-state index contributed by atoms with van der Waals surface area (Å²) >= 11 is 0. The fourth-order valence-electron chi connectivity index (χ4n) is 3.67. The molecular weight excluding hydrogens is 338 g/mol. The van der Waals surface area contributed by atoms with E-state index in [0.29, 0.717) is 5.69 Å². The third-order valence-electron chi connectivity index (χ3n) is 5.00. The van der Waals surface area contributed by atoms with Crippen molar-refractivity contribution in [2.45, 2.75) is 12.8 Å². The lowest BCUT2D eigenvalue weighted by Gasteiger charge is -2.15. The highest BCUT2D eigenvalue weighted by molar-refractivity contribution is 6.00. The molecule has 0 fully saturated rings. The van der Waals surface area contributed by atoms with Gasteiger partial charge in [0.2, 0.25) is 0 Å². The quantitative estimate of drug-likeness (QED) is 0.388. The Kier molecular flexibility index (Phi) is 3.60. The molecule has 0 saturated heterocycles. The number of H-pyrrole nitrogens is 2. The van der Waals surface area contributed by atoms with Crippen LogP contribution in [0.25, 0.3) is 22.2 Å². The maximum Gasteiger partial charge on any atom is 0.289 e. The van der Waals surface area contributed by atoms with Crippen LogP contribution in [0.3, 0.4) is 0 Å². The smallest absolute Gasteiger partial charge is 0.289 e. The number of benzene rings is 2. The molecule has 6 heteroatoms. The number of amides is 1. The van der Waals surface area contributed by atoms with Gasteiger partial charge in [0.1, 0.15) is 5.69 Å². The average molecular weight is 355 g/mol. The fraction of sp³-hybridized carbons (Fsp3) is 0.0952. The number of rotatable bonds is 3. The molecular formula is C21H17N5O. The van der Waals surface area contributed by atoms with Gasteiger partial charge in [0, 0.05) is 33.8 Å². The highest BCUT2D eigenvalue weighted by atomic mass is 16.2. The van der Waals surface area contributed by atoms with E-state index >= 15 is 0 Å². The lowest BCUT2D eigenvalue weighted by Crippen LogP contribution is -2.20. The third kappa shape index (κ3) is 2.62. The number of carbonyl (C=O) groups is 1. The zero-order valence-corrected chi connectivity index (χ0v) is 14.5. The molecule has 1 aliphatic rings. The molecule has 1 amide bonds. The Balaban J connectivity index is 1.38. The molecule has 0 radical (unpaired) electrons. The summed E-state index contributed by atoms with van der Waals surface area (Å²) in [5.41, 5.74) is 9.22. The molecule has 6 nitrogen and oxygen atoms in total. The van der Waals surface area contributed by atoms with Crippen LogP contribution in [0, 0.1) is 0 Å². The van der Waals surface area contributed by atoms with Crippen LogP contribution in [0.2, 0.25) is 0 Å². The first kappa shape index (κ1) is 15.6. The maximum absolute atomic E-state index is 12.6. The summed E-state index contributed by atoms with van der Waals surface area (Å²) in [6, 6.07) is 16.1. The molecule has 132 valence electrons. The van der Waals surface area contributed by atoms with Gasteiger partial charge in [-0.2, -0.15) is 10.2 Å². The van der Waals surface area contributed by atoms with Crippen LogP contribution in [0.5, 0.6) is 0 Å². The van der Waals surface area contributed by atoms with E-state index < -0.39 is 0 Å². The van der Waals surface area contributed by atoms with Gasteiger partial charge >= 0.3 is 0 Å². The predicted molar refractivity (Wildman–Crippen MR) is 105 cm³/mol. The Morgan fingerprint density at radius 2 is 1.96 bits per heavy atom. The summed E-state index contributed by atoms with van der Waals surface area (Å²) in [6.45, 7) is 0. The largest absolute Gasteiger partial charge is 0.361 e. The van der Waals surface area contributed by atoms with Gasteiger partial charge in [-0.3, -0.25) is 9.89 Å². The molecule has 0 unspecified atom stereocenters. The number of aromatic nitrogens is 3.